The number of piperidine rings is 1. The normalized spacial score (nSPS) is 22.6. The highest BCUT2D eigenvalue weighted by atomic mass is 32.2. The number of nitrogens with zero attached hydrogens (tertiary/aromatic N) is 2. The molecule has 2 N–H and O–H groups in total. The number of hydrogen-bond donors (Lipinski definition) is 1. The van der Waals surface area contributed by atoms with Crippen molar-refractivity contribution in [3.05, 3.63) is 22.4 Å². The number of thiophene rings is 1. The molecule has 1 fully saturated rings. The number of likely N-dealkylation sites (N-methyl/N-ethyl adjacent to an activating group) is 1. The second-order valence-corrected chi connectivity index (χ2v) is 8.78. The Bertz CT molecular complexity index is 530. The molecule has 1 aliphatic heterocycles. The van der Waals surface area contributed by atoms with E-state index < -0.39 is 10.2 Å². The Balaban J connectivity index is 2.03. The van der Waals surface area contributed by atoms with Gasteiger partial charge in [-0.3, -0.25) is 0 Å². The average molecular weight is 332 g/mol. The Morgan fingerprint density at radius 1 is 1.57 bits per heavy atom. The summed E-state index contributed by atoms with van der Waals surface area (Å²) in [6, 6.07) is 4.00. The fourth-order valence-electron chi connectivity index (χ4n) is 2.69. The van der Waals surface area contributed by atoms with E-state index >= 15 is 0 Å². The van der Waals surface area contributed by atoms with Crippen LogP contribution >= 0.6 is 11.3 Å². The van der Waals surface area contributed by atoms with Crippen molar-refractivity contribution in [1.29, 1.82) is 0 Å². The second-order valence-electron chi connectivity index (χ2n) is 5.76. The Hall–Kier alpha value is -0.470. The molecule has 21 heavy (non-hydrogen) atoms. The zero-order valence-electron chi connectivity index (χ0n) is 12.7. The molecule has 0 amide bonds. The molecule has 1 aliphatic rings. The summed E-state index contributed by atoms with van der Waals surface area (Å²) in [5, 5.41) is 2.02. The minimum Gasteiger partial charge on any atom is -0.330 e. The molecule has 0 aromatic carbocycles. The van der Waals surface area contributed by atoms with E-state index in [4.69, 9.17) is 5.73 Å². The van der Waals surface area contributed by atoms with Crippen molar-refractivity contribution >= 4 is 21.5 Å². The van der Waals surface area contributed by atoms with Crippen molar-refractivity contribution in [2.75, 3.05) is 26.7 Å². The van der Waals surface area contributed by atoms with Crippen molar-refractivity contribution in [2.45, 2.75) is 32.2 Å². The molecule has 5 nitrogen and oxygen atoms in total. The first kappa shape index (κ1) is 16.9. The molecular weight excluding hydrogens is 306 g/mol. The lowest BCUT2D eigenvalue weighted by Crippen LogP contribution is -2.50. The molecule has 2 rings (SSSR count). The van der Waals surface area contributed by atoms with Gasteiger partial charge in [-0.15, -0.1) is 11.3 Å². The predicted molar refractivity (Wildman–Crippen MR) is 87.5 cm³/mol. The zero-order chi connectivity index (χ0) is 15.5. The third kappa shape index (κ3) is 4.04. The van der Waals surface area contributed by atoms with Crippen LogP contribution in [-0.4, -0.2) is 49.8 Å². The Morgan fingerprint density at radius 3 is 2.95 bits per heavy atom. The highest BCUT2D eigenvalue weighted by molar-refractivity contribution is 7.86. The van der Waals surface area contributed by atoms with Gasteiger partial charge in [0, 0.05) is 31.1 Å². The van der Waals surface area contributed by atoms with Crippen molar-refractivity contribution in [3.8, 4) is 0 Å². The maximum atomic E-state index is 12.7. The van der Waals surface area contributed by atoms with Gasteiger partial charge in [0.1, 0.15) is 0 Å². The van der Waals surface area contributed by atoms with E-state index in [1.807, 2.05) is 24.4 Å². The Labute approximate surface area is 131 Å². The highest BCUT2D eigenvalue weighted by Gasteiger charge is 2.33. The maximum absolute atomic E-state index is 12.7. The van der Waals surface area contributed by atoms with E-state index in [-0.39, 0.29) is 12.0 Å². The fourth-order valence-corrected chi connectivity index (χ4v) is 5.17. The smallest absolute Gasteiger partial charge is 0.281 e. The quantitative estimate of drug-likeness (QED) is 0.859. The summed E-state index contributed by atoms with van der Waals surface area (Å²) in [5.41, 5.74) is 5.70. The number of nitrogens with two attached hydrogens (primary N) is 1. The molecule has 0 saturated carbocycles. The summed E-state index contributed by atoms with van der Waals surface area (Å²) in [6.45, 7) is 3.67. The largest absolute Gasteiger partial charge is 0.330 e. The van der Waals surface area contributed by atoms with Crippen LogP contribution in [0.1, 0.15) is 24.6 Å². The van der Waals surface area contributed by atoms with Gasteiger partial charge in [-0.2, -0.15) is 17.0 Å². The summed E-state index contributed by atoms with van der Waals surface area (Å²) in [7, 11) is -1.71. The summed E-state index contributed by atoms with van der Waals surface area (Å²) < 4.78 is 28.6. The summed E-state index contributed by atoms with van der Waals surface area (Å²) in [5.74, 6) is 0.287. The molecule has 0 radical (unpaired) electrons. The van der Waals surface area contributed by atoms with E-state index in [1.54, 1.807) is 22.7 Å². The zero-order valence-corrected chi connectivity index (χ0v) is 14.4. The van der Waals surface area contributed by atoms with Crippen molar-refractivity contribution < 1.29 is 8.42 Å². The predicted octanol–water partition coefficient (Wildman–Crippen LogP) is 1.53. The van der Waals surface area contributed by atoms with Gasteiger partial charge in [-0.25, -0.2) is 0 Å². The lowest BCUT2D eigenvalue weighted by molar-refractivity contribution is 0.247. The molecule has 1 saturated heterocycles. The first-order valence-electron chi connectivity index (χ1n) is 7.40. The lowest BCUT2D eigenvalue weighted by Gasteiger charge is -2.35. The third-order valence-electron chi connectivity index (χ3n) is 4.20. The fraction of sp³-hybridized carbons (Fsp3) is 0.714. The molecule has 0 bridgehead atoms. The van der Waals surface area contributed by atoms with Crippen LogP contribution in [-0.2, 0) is 16.6 Å². The Kier molecular flexibility index (Phi) is 5.79. The van der Waals surface area contributed by atoms with Crippen LogP contribution in [0.3, 0.4) is 0 Å². The molecule has 0 aliphatic carbocycles. The van der Waals surface area contributed by atoms with E-state index in [9.17, 15) is 8.42 Å². The van der Waals surface area contributed by atoms with Crippen molar-refractivity contribution in [3.63, 3.8) is 0 Å². The molecule has 120 valence electrons. The molecular formula is C14H25N3O2S2. The SMILES string of the molecule is CC(Cc1cccs1)N(C)S(=O)(=O)N1CCCC(CN)C1. The van der Waals surface area contributed by atoms with Gasteiger partial charge in [0.25, 0.3) is 10.2 Å². The Morgan fingerprint density at radius 2 is 2.33 bits per heavy atom. The van der Waals surface area contributed by atoms with E-state index in [2.05, 4.69) is 0 Å². The molecule has 1 aromatic heterocycles. The molecule has 2 heterocycles. The van der Waals surface area contributed by atoms with Crippen molar-refractivity contribution in [2.24, 2.45) is 11.7 Å². The van der Waals surface area contributed by atoms with Gasteiger partial charge in [-0.1, -0.05) is 6.07 Å². The van der Waals surface area contributed by atoms with Crippen LogP contribution in [0.5, 0.6) is 0 Å². The molecule has 7 heteroatoms. The van der Waals surface area contributed by atoms with Crippen LogP contribution in [0.15, 0.2) is 17.5 Å². The first-order chi connectivity index (χ1) is 9.95. The first-order valence-corrected chi connectivity index (χ1v) is 9.68. The van der Waals surface area contributed by atoms with E-state index in [0.29, 0.717) is 19.6 Å². The van der Waals surface area contributed by atoms with Gasteiger partial charge in [0.05, 0.1) is 0 Å². The van der Waals surface area contributed by atoms with Gasteiger partial charge >= 0.3 is 0 Å². The minimum atomic E-state index is -3.39. The van der Waals surface area contributed by atoms with Crippen LogP contribution in [0, 0.1) is 5.92 Å². The maximum Gasteiger partial charge on any atom is 0.281 e. The minimum absolute atomic E-state index is 0.0492. The molecule has 1 aromatic rings. The van der Waals surface area contributed by atoms with E-state index in [1.165, 1.54) is 9.18 Å². The molecule has 2 atom stereocenters. The van der Waals surface area contributed by atoms with Crippen LogP contribution < -0.4 is 5.73 Å². The average Bonchev–Trinajstić information content (AvgIpc) is 2.99. The van der Waals surface area contributed by atoms with Gasteiger partial charge in [-0.05, 0) is 50.1 Å². The van der Waals surface area contributed by atoms with Crippen LogP contribution in [0.25, 0.3) is 0 Å². The highest BCUT2D eigenvalue weighted by Crippen LogP contribution is 2.22. The van der Waals surface area contributed by atoms with Gasteiger partial charge < -0.3 is 5.73 Å². The summed E-state index contributed by atoms with van der Waals surface area (Å²) in [4.78, 5) is 1.21. The third-order valence-corrected chi connectivity index (χ3v) is 7.17. The molecule has 0 spiro atoms. The van der Waals surface area contributed by atoms with Crippen LogP contribution in [0.4, 0.5) is 0 Å². The number of hydrogen-bond acceptors (Lipinski definition) is 4. The summed E-state index contributed by atoms with van der Waals surface area (Å²) >= 11 is 1.67. The summed E-state index contributed by atoms with van der Waals surface area (Å²) in [6.07, 6.45) is 2.67. The molecule has 2 unspecified atom stereocenters. The lowest BCUT2D eigenvalue weighted by atomic mass is 10.0. The van der Waals surface area contributed by atoms with E-state index in [0.717, 1.165) is 19.3 Å². The monoisotopic (exact) mass is 331 g/mol. The van der Waals surface area contributed by atoms with Crippen LogP contribution in [0.2, 0.25) is 0 Å². The van der Waals surface area contributed by atoms with Gasteiger partial charge in [0.2, 0.25) is 0 Å². The standard InChI is InChI=1S/C14H25N3O2S2/c1-12(9-14-6-4-8-20-14)16(2)21(18,19)17-7-3-5-13(10-15)11-17/h4,6,8,12-13H,3,5,7,9-11,15H2,1-2H3. The van der Waals surface area contributed by atoms with Crippen molar-refractivity contribution in [1.82, 2.24) is 8.61 Å². The number of rotatable bonds is 6. The second kappa shape index (κ2) is 7.19. The van der Waals surface area contributed by atoms with Gasteiger partial charge in [0.15, 0.2) is 0 Å². The topological polar surface area (TPSA) is 66.6 Å².